The maximum Gasteiger partial charge on any atom is 0.161 e. The van der Waals surface area contributed by atoms with Crippen LogP contribution in [0.3, 0.4) is 0 Å². The molecule has 1 aliphatic rings. The van der Waals surface area contributed by atoms with E-state index in [-0.39, 0.29) is 3.55 Å². The molecule has 0 saturated carbocycles. The Morgan fingerprint density at radius 3 is 2.37 bits per heavy atom. The molecule has 1 aliphatic heterocycles. The summed E-state index contributed by atoms with van der Waals surface area (Å²) in [6.45, 7) is 6.47. The number of rotatable bonds is 4. The second-order valence-electron chi connectivity index (χ2n) is 4.76. The number of alkyl halides is 1. The first kappa shape index (κ1) is 14.9. The van der Waals surface area contributed by atoms with Crippen molar-refractivity contribution in [3.8, 4) is 11.5 Å². The summed E-state index contributed by atoms with van der Waals surface area (Å²) < 4.78 is 10.7. The fourth-order valence-corrected chi connectivity index (χ4v) is 3.21. The number of ether oxygens (including phenoxy) is 2. The summed E-state index contributed by atoms with van der Waals surface area (Å²) in [6.07, 6.45) is 0. The second kappa shape index (κ2) is 6.28. The van der Waals surface area contributed by atoms with Crippen molar-refractivity contribution in [1.29, 1.82) is 0 Å². The normalized spacial score (nSPS) is 19.8. The molecule has 0 bridgehead atoms. The summed E-state index contributed by atoms with van der Waals surface area (Å²) in [5, 5.41) is 3.39. The number of halogens is 1. The molecule has 0 radical (unpaired) electrons. The van der Waals surface area contributed by atoms with Crippen molar-refractivity contribution in [3.63, 3.8) is 0 Å². The standard InChI is InChI=1S/C14H21IN2O2/c1-14(15,17-8-6-16-7-9-17)11-4-5-12(18-2)13(10-11)19-3/h4-5,10,16H,6-9H2,1-3H3. The lowest BCUT2D eigenvalue weighted by molar-refractivity contribution is 0.172. The summed E-state index contributed by atoms with van der Waals surface area (Å²) in [6, 6.07) is 6.18. The van der Waals surface area contributed by atoms with Crippen LogP contribution in [0.2, 0.25) is 0 Å². The molecule has 1 aromatic rings. The van der Waals surface area contributed by atoms with Gasteiger partial charge in [-0.05, 0) is 24.6 Å². The van der Waals surface area contributed by atoms with Crippen molar-refractivity contribution < 1.29 is 9.47 Å². The third-order valence-corrected chi connectivity index (χ3v) is 4.93. The van der Waals surface area contributed by atoms with Gasteiger partial charge in [-0.15, -0.1) is 0 Å². The number of methoxy groups -OCH3 is 2. The van der Waals surface area contributed by atoms with Crippen molar-refractivity contribution >= 4 is 22.6 Å². The first-order chi connectivity index (χ1) is 9.09. The summed E-state index contributed by atoms with van der Waals surface area (Å²) in [7, 11) is 3.34. The summed E-state index contributed by atoms with van der Waals surface area (Å²) >= 11 is 2.52. The number of nitrogens with zero attached hydrogens (tertiary/aromatic N) is 1. The smallest absolute Gasteiger partial charge is 0.161 e. The van der Waals surface area contributed by atoms with Gasteiger partial charge in [0.25, 0.3) is 0 Å². The molecule has 0 aromatic heterocycles. The Balaban J connectivity index is 2.28. The van der Waals surface area contributed by atoms with E-state index >= 15 is 0 Å². The Hall–Kier alpha value is -0.530. The molecule has 1 heterocycles. The number of hydrogen-bond donors (Lipinski definition) is 1. The lowest BCUT2D eigenvalue weighted by Gasteiger charge is -2.40. The minimum Gasteiger partial charge on any atom is -0.493 e. The molecule has 0 amide bonds. The van der Waals surface area contributed by atoms with Gasteiger partial charge in [-0.25, -0.2) is 0 Å². The lowest BCUT2D eigenvalue weighted by Crippen LogP contribution is -2.50. The largest absolute Gasteiger partial charge is 0.493 e. The minimum absolute atomic E-state index is 0.0284. The van der Waals surface area contributed by atoms with E-state index in [0.717, 1.165) is 37.7 Å². The fraction of sp³-hybridized carbons (Fsp3) is 0.571. The van der Waals surface area contributed by atoms with Gasteiger partial charge in [-0.1, -0.05) is 28.7 Å². The minimum atomic E-state index is -0.0284. The van der Waals surface area contributed by atoms with E-state index in [1.807, 2.05) is 6.07 Å². The molecule has 0 spiro atoms. The molecule has 1 atom stereocenters. The third kappa shape index (κ3) is 3.14. The zero-order chi connectivity index (χ0) is 13.9. The average molecular weight is 376 g/mol. The van der Waals surface area contributed by atoms with E-state index < -0.39 is 0 Å². The highest BCUT2D eigenvalue weighted by Crippen LogP contribution is 2.39. The second-order valence-corrected chi connectivity index (χ2v) is 6.86. The van der Waals surface area contributed by atoms with Gasteiger partial charge in [-0.3, -0.25) is 4.90 Å². The van der Waals surface area contributed by atoms with Crippen LogP contribution in [0.4, 0.5) is 0 Å². The van der Waals surface area contributed by atoms with Gasteiger partial charge < -0.3 is 14.8 Å². The van der Waals surface area contributed by atoms with E-state index in [4.69, 9.17) is 9.47 Å². The van der Waals surface area contributed by atoms with Crippen molar-refractivity contribution in [2.45, 2.75) is 10.5 Å². The highest BCUT2D eigenvalue weighted by molar-refractivity contribution is 14.1. The molecule has 1 N–H and O–H groups in total. The molecular formula is C14H21IN2O2. The summed E-state index contributed by atoms with van der Waals surface area (Å²) in [4.78, 5) is 2.49. The topological polar surface area (TPSA) is 33.7 Å². The number of hydrogen-bond acceptors (Lipinski definition) is 4. The molecule has 106 valence electrons. The molecule has 19 heavy (non-hydrogen) atoms. The van der Waals surface area contributed by atoms with Crippen LogP contribution in [0, 0.1) is 0 Å². The first-order valence-electron chi connectivity index (χ1n) is 6.46. The Bertz CT molecular complexity index is 431. The highest BCUT2D eigenvalue weighted by atomic mass is 127. The van der Waals surface area contributed by atoms with Crippen molar-refractivity contribution in [1.82, 2.24) is 10.2 Å². The Kier molecular flexibility index (Phi) is 4.92. The van der Waals surface area contributed by atoms with Gasteiger partial charge in [0.15, 0.2) is 11.5 Å². The van der Waals surface area contributed by atoms with Crippen molar-refractivity contribution in [2.75, 3.05) is 40.4 Å². The first-order valence-corrected chi connectivity index (χ1v) is 7.54. The molecule has 4 nitrogen and oxygen atoms in total. The maximum absolute atomic E-state index is 5.40. The molecule has 1 unspecified atom stereocenters. The Morgan fingerprint density at radius 2 is 1.79 bits per heavy atom. The van der Waals surface area contributed by atoms with E-state index in [1.165, 1.54) is 5.56 Å². The van der Waals surface area contributed by atoms with Gasteiger partial charge in [0.2, 0.25) is 0 Å². The van der Waals surface area contributed by atoms with Crippen LogP contribution in [0.15, 0.2) is 18.2 Å². The van der Waals surface area contributed by atoms with Gasteiger partial charge in [0.1, 0.15) is 0 Å². The number of piperazine rings is 1. The molecule has 5 heteroatoms. The van der Waals surface area contributed by atoms with Crippen LogP contribution in [0.1, 0.15) is 12.5 Å². The monoisotopic (exact) mass is 376 g/mol. The third-order valence-electron chi connectivity index (χ3n) is 3.62. The molecule has 1 saturated heterocycles. The Labute approximate surface area is 128 Å². The summed E-state index contributed by atoms with van der Waals surface area (Å²) in [5.41, 5.74) is 1.24. The van der Waals surface area contributed by atoms with Crippen molar-refractivity contribution in [2.24, 2.45) is 0 Å². The molecule has 1 aromatic carbocycles. The van der Waals surface area contributed by atoms with E-state index in [0.29, 0.717) is 0 Å². The maximum atomic E-state index is 5.40. The highest BCUT2D eigenvalue weighted by Gasteiger charge is 2.32. The van der Waals surface area contributed by atoms with Crippen LogP contribution < -0.4 is 14.8 Å². The zero-order valence-corrected chi connectivity index (χ0v) is 13.9. The summed E-state index contributed by atoms with van der Waals surface area (Å²) in [5.74, 6) is 1.57. The van der Waals surface area contributed by atoms with Crippen molar-refractivity contribution in [3.05, 3.63) is 23.8 Å². The van der Waals surface area contributed by atoms with Crippen LogP contribution in [0.5, 0.6) is 11.5 Å². The van der Waals surface area contributed by atoms with Crippen LogP contribution in [0.25, 0.3) is 0 Å². The van der Waals surface area contributed by atoms with Gasteiger partial charge in [0, 0.05) is 26.2 Å². The van der Waals surface area contributed by atoms with E-state index in [9.17, 15) is 0 Å². The Morgan fingerprint density at radius 1 is 1.16 bits per heavy atom. The number of nitrogens with one attached hydrogen (secondary N) is 1. The fourth-order valence-electron chi connectivity index (χ4n) is 2.39. The van der Waals surface area contributed by atoms with Crippen LogP contribution in [-0.2, 0) is 3.55 Å². The number of benzene rings is 1. The van der Waals surface area contributed by atoms with Crippen LogP contribution >= 0.6 is 22.6 Å². The quantitative estimate of drug-likeness (QED) is 0.497. The average Bonchev–Trinajstić information content (AvgIpc) is 2.47. The van der Waals surface area contributed by atoms with Crippen LogP contribution in [-0.4, -0.2) is 45.3 Å². The lowest BCUT2D eigenvalue weighted by atomic mass is 10.1. The van der Waals surface area contributed by atoms with Gasteiger partial charge in [0.05, 0.1) is 17.8 Å². The van der Waals surface area contributed by atoms with E-state index in [1.54, 1.807) is 14.2 Å². The molecule has 2 rings (SSSR count). The SMILES string of the molecule is COc1ccc(C(C)(I)N2CCNCC2)cc1OC. The predicted molar refractivity (Wildman–Crippen MR) is 85.4 cm³/mol. The zero-order valence-electron chi connectivity index (χ0n) is 11.7. The molecular weight excluding hydrogens is 355 g/mol. The van der Waals surface area contributed by atoms with Gasteiger partial charge in [-0.2, -0.15) is 0 Å². The van der Waals surface area contributed by atoms with Gasteiger partial charge >= 0.3 is 0 Å². The van der Waals surface area contributed by atoms with E-state index in [2.05, 4.69) is 51.9 Å². The molecule has 1 fully saturated rings. The molecule has 0 aliphatic carbocycles. The predicted octanol–water partition coefficient (Wildman–Crippen LogP) is 2.22.